The fourth-order valence-corrected chi connectivity index (χ4v) is 2.40. The number of carbonyl (C=O) groups is 1. The van der Waals surface area contributed by atoms with Gasteiger partial charge in [-0.2, -0.15) is 5.10 Å². The molecule has 92 valence electrons. The number of amides is 1. The number of benzene rings is 1. The molecule has 0 spiro atoms. The fourth-order valence-electron chi connectivity index (χ4n) is 2.04. The maximum Gasteiger partial charge on any atom is 0.255 e. The van der Waals surface area contributed by atoms with Crippen LogP contribution >= 0.6 is 15.9 Å². The molecule has 0 unspecified atom stereocenters. The van der Waals surface area contributed by atoms with Gasteiger partial charge in [0.1, 0.15) is 6.17 Å². The molecule has 2 heterocycles. The number of halogens is 1. The van der Waals surface area contributed by atoms with E-state index in [1.807, 2.05) is 19.1 Å². The van der Waals surface area contributed by atoms with Gasteiger partial charge in [-0.3, -0.25) is 9.89 Å². The number of hydrogen-bond donors (Lipinski definition) is 3. The van der Waals surface area contributed by atoms with E-state index in [1.165, 1.54) is 0 Å². The molecule has 0 bridgehead atoms. The minimum Gasteiger partial charge on any atom is -0.361 e. The summed E-state index contributed by atoms with van der Waals surface area (Å²) in [6.07, 6.45) is 1.47. The van der Waals surface area contributed by atoms with Gasteiger partial charge < -0.3 is 10.6 Å². The van der Waals surface area contributed by atoms with Crippen molar-refractivity contribution in [2.24, 2.45) is 0 Å². The van der Waals surface area contributed by atoms with E-state index in [1.54, 1.807) is 12.3 Å². The third-order valence-electron chi connectivity index (χ3n) is 2.98. The normalized spacial score (nSPS) is 17.9. The van der Waals surface area contributed by atoms with Crippen LogP contribution < -0.4 is 10.6 Å². The molecule has 5 nitrogen and oxygen atoms in total. The highest BCUT2D eigenvalue weighted by atomic mass is 79.9. The number of nitrogens with one attached hydrogen (secondary N) is 3. The lowest BCUT2D eigenvalue weighted by molar-refractivity contribution is 0.0935. The van der Waals surface area contributed by atoms with Crippen molar-refractivity contribution < 1.29 is 4.79 Å². The Bertz CT molecular complexity index is 622. The second-order valence-corrected chi connectivity index (χ2v) is 5.11. The lowest BCUT2D eigenvalue weighted by Gasteiger charge is -2.27. The Kier molecular flexibility index (Phi) is 2.59. The first-order valence-corrected chi connectivity index (χ1v) is 6.31. The van der Waals surface area contributed by atoms with Gasteiger partial charge in [-0.25, -0.2) is 0 Å². The maximum atomic E-state index is 12.1. The van der Waals surface area contributed by atoms with Gasteiger partial charge >= 0.3 is 0 Å². The molecule has 2 aromatic rings. The van der Waals surface area contributed by atoms with Crippen molar-refractivity contribution in [3.8, 4) is 0 Å². The minimum atomic E-state index is -0.245. The van der Waals surface area contributed by atoms with Gasteiger partial charge in [-0.15, -0.1) is 0 Å². The topological polar surface area (TPSA) is 69.8 Å². The quantitative estimate of drug-likeness (QED) is 0.757. The van der Waals surface area contributed by atoms with E-state index in [0.717, 1.165) is 21.4 Å². The standard InChI is InChI=1S/C12H11BrN4O/c1-6-9(5-14-17-6)11-15-10-3-2-7(13)4-8(10)12(18)16-11/h2-5,11,15H,1H3,(H,14,17)(H,16,18)/t11-/m0/s1. The Labute approximate surface area is 112 Å². The lowest BCUT2D eigenvalue weighted by atomic mass is 10.1. The molecule has 1 atom stereocenters. The third kappa shape index (κ3) is 1.78. The van der Waals surface area contributed by atoms with Crippen LogP contribution in [-0.2, 0) is 0 Å². The zero-order valence-electron chi connectivity index (χ0n) is 9.62. The number of aryl methyl sites for hydroxylation is 1. The number of aromatic amines is 1. The molecular formula is C12H11BrN4O. The van der Waals surface area contributed by atoms with E-state index >= 15 is 0 Å². The van der Waals surface area contributed by atoms with Crippen molar-refractivity contribution >= 4 is 27.5 Å². The number of nitrogens with zero attached hydrogens (tertiary/aromatic N) is 1. The van der Waals surface area contributed by atoms with Crippen LogP contribution in [0.15, 0.2) is 28.9 Å². The summed E-state index contributed by atoms with van der Waals surface area (Å²) in [6, 6.07) is 5.60. The maximum absolute atomic E-state index is 12.1. The first-order valence-electron chi connectivity index (χ1n) is 5.52. The summed E-state index contributed by atoms with van der Waals surface area (Å²) in [6.45, 7) is 1.92. The average Bonchev–Trinajstić information content (AvgIpc) is 2.76. The highest BCUT2D eigenvalue weighted by molar-refractivity contribution is 9.10. The zero-order valence-corrected chi connectivity index (χ0v) is 11.2. The second-order valence-electron chi connectivity index (χ2n) is 4.19. The molecule has 0 aliphatic carbocycles. The highest BCUT2D eigenvalue weighted by Gasteiger charge is 2.26. The summed E-state index contributed by atoms with van der Waals surface area (Å²) in [5, 5.41) is 13.0. The van der Waals surface area contributed by atoms with E-state index in [2.05, 4.69) is 36.8 Å². The monoisotopic (exact) mass is 306 g/mol. The minimum absolute atomic E-state index is 0.0874. The Morgan fingerprint density at radius 1 is 1.33 bits per heavy atom. The van der Waals surface area contributed by atoms with Gasteiger partial charge in [0.25, 0.3) is 5.91 Å². The van der Waals surface area contributed by atoms with E-state index in [-0.39, 0.29) is 12.1 Å². The molecule has 1 aromatic carbocycles. The molecule has 0 radical (unpaired) electrons. The number of H-pyrrole nitrogens is 1. The average molecular weight is 307 g/mol. The summed E-state index contributed by atoms with van der Waals surface area (Å²) in [5.41, 5.74) is 3.35. The predicted molar refractivity (Wildman–Crippen MR) is 71.3 cm³/mol. The van der Waals surface area contributed by atoms with Crippen molar-refractivity contribution in [3.05, 3.63) is 45.7 Å². The highest BCUT2D eigenvalue weighted by Crippen LogP contribution is 2.29. The molecule has 1 aromatic heterocycles. The summed E-state index contributed by atoms with van der Waals surface area (Å²) >= 11 is 3.36. The van der Waals surface area contributed by atoms with Crippen molar-refractivity contribution in [2.75, 3.05) is 5.32 Å². The lowest BCUT2D eigenvalue weighted by Crippen LogP contribution is -2.38. The van der Waals surface area contributed by atoms with Crippen molar-refractivity contribution in [3.63, 3.8) is 0 Å². The molecule has 0 saturated heterocycles. The SMILES string of the molecule is Cc1[nH]ncc1[C@@H]1NC(=O)c2cc(Br)ccc2N1. The first-order chi connectivity index (χ1) is 8.65. The molecule has 3 N–H and O–H groups in total. The van der Waals surface area contributed by atoms with Crippen molar-refractivity contribution in [1.29, 1.82) is 0 Å². The van der Waals surface area contributed by atoms with E-state index < -0.39 is 0 Å². The Morgan fingerprint density at radius 3 is 2.89 bits per heavy atom. The zero-order chi connectivity index (χ0) is 12.7. The molecule has 3 rings (SSSR count). The summed E-state index contributed by atoms with van der Waals surface area (Å²) in [4.78, 5) is 12.1. The Morgan fingerprint density at radius 2 is 2.17 bits per heavy atom. The number of rotatable bonds is 1. The van der Waals surface area contributed by atoms with Crippen LogP contribution in [0.5, 0.6) is 0 Å². The second kappa shape index (κ2) is 4.13. The van der Waals surface area contributed by atoms with Gasteiger partial charge in [0.05, 0.1) is 11.8 Å². The Balaban J connectivity index is 2.00. The number of carbonyl (C=O) groups excluding carboxylic acids is 1. The third-order valence-corrected chi connectivity index (χ3v) is 3.47. The predicted octanol–water partition coefficient (Wildman–Crippen LogP) is 2.33. The van der Waals surface area contributed by atoms with Crippen LogP contribution in [0.1, 0.15) is 27.8 Å². The molecule has 0 saturated carbocycles. The van der Waals surface area contributed by atoms with E-state index in [4.69, 9.17) is 0 Å². The molecule has 18 heavy (non-hydrogen) atoms. The summed E-state index contributed by atoms with van der Waals surface area (Å²) < 4.78 is 0.885. The van der Waals surface area contributed by atoms with E-state index in [9.17, 15) is 4.79 Å². The van der Waals surface area contributed by atoms with Crippen molar-refractivity contribution in [1.82, 2.24) is 15.5 Å². The van der Waals surface area contributed by atoms with Crippen LogP contribution in [0.3, 0.4) is 0 Å². The number of anilines is 1. The van der Waals surface area contributed by atoms with Gasteiger partial charge in [0, 0.05) is 21.4 Å². The molecule has 0 fully saturated rings. The summed E-state index contributed by atoms with van der Waals surface area (Å²) in [5.74, 6) is -0.0874. The fraction of sp³-hybridized carbons (Fsp3) is 0.167. The molecule has 1 aliphatic heterocycles. The largest absolute Gasteiger partial charge is 0.361 e. The van der Waals surface area contributed by atoms with Crippen LogP contribution in [0.25, 0.3) is 0 Å². The van der Waals surface area contributed by atoms with Gasteiger partial charge in [-0.1, -0.05) is 15.9 Å². The van der Waals surface area contributed by atoms with Gasteiger partial charge in [-0.05, 0) is 25.1 Å². The Hall–Kier alpha value is -1.82. The van der Waals surface area contributed by atoms with Crippen LogP contribution in [0.4, 0.5) is 5.69 Å². The molecule has 1 amide bonds. The van der Waals surface area contributed by atoms with Crippen LogP contribution in [0, 0.1) is 6.92 Å². The van der Waals surface area contributed by atoms with Gasteiger partial charge in [0.2, 0.25) is 0 Å². The van der Waals surface area contributed by atoms with Gasteiger partial charge in [0.15, 0.2) is 0 Å². The number of hydrogen-bond acceptors (Lipinski definition) is 3. The van der Waals surface area contributed by atoms with Crippen LogP contribution in [-0.4, -0.2) is 16.1 Å². The summed E-state index contributed by atoms with van der Waals surface area (Å²) in [7, 11) is 0. The van der Waals surface area contributed by atoms with E-state index in [0.29, 0.717) is 5.56 Å². The van der Waals surface area contributed by atoms with Crippen LogP contribution in [0.2, 0.25) is 0 Å². The molecule has 6 heteroatoms. The number of aromatic nitrogens is 2. The molecule has 1 aliphatic rings. The van der Waals surface area contributed by atoms with Crippen molar-refractivity contribution in [2.45, 2.75) is 13.1 Å². The number of fused-ring (bicyclic) bond motifs is 1. The smallest absolute Gasteiger partial charge is 0.255 e. The first kappa shape index (κ1) is 11.3. The molecular weight excluding hydrogens is 296 g/mol.